The minimum atomic E-state index is 0.299. The molecule has 68 valence electrons. The summed E-state index contributed by atoms with van der Waals surface area (Å²) in [7, 11) is 1.59. The molecule has 0 saturated carbocycles. The number of pyridine rings is 1. The smallest absolute Gasteiger partial charge is 0.141 e. The Morgan fingerprint density at radius 2 is 2.38 bits per heavy atom. The van der Waals surface area contributed by atoms with Gasteiger partial charge in [-0.15, -0.1) is 0 Å². The number of aryl methyl sites for hydroxylation is 1. The number of rotatable bonds is 3. The van der Waals surface area contributed by atoms with Crippen LogP contribution in [0.5, 0.6) is 5.75 Å². The van der Waals surface area contributed by atoms with Gasteiger partial charge in [-0.3, -0.25) is 4.98 Å². The van der Waals surface area contributed by atoms with Crippen molar-refractivity contribution in [1.82, 2.24) is 4.98 Å². The molecule has 1 rings (SSSR count). The first-order valence-corrected chi connectivity index (χ1v) is 4.20. The molecule has 1 aromatic heterocycles. The van der Waals surface area contributed by atoms with E-state index < -0.39 is 0 Å². The Hall–Kier alpha value is -1.56. The quantitative estimate of drug-likeness (QED) is 0.704. The molecule has 3 heteroatoms. The fourth-order valence-electron chi connectivity index (χ4n) is 1.09. The zero-order chi connectivity index (χ0) is 9.68. The van der Waals surface area contributed by atoms with Gasteiger partial charge in [0.1, 0.15) is 5.75 Å². The Balaban J connectivity index is 3.02. The third-order valence-electron chi connectivity index (χ3n) is 1.86. The predicted molar refractivity (Wildman–Crippen MR) is 49.5 cm³/mol. The molecule has 1 heterocycles. The molecule has 0 atom stereocenters. The first-order chi connectivity index (χ1) is 6.31. The summed E-state index contributed by atoms with van der Waals surface area (Å²) in [4.78, 5) is 4.16. The largest absolute Gasteiger partial charge is 0.495 e. The Morgan fingerprint density at radius 3 is 2.92 bits per heavy atom. The van der Waals surface area contributed by atoms with Crippen molar-refractivity contribution < 1.29 is 4.74 Å². The molecule has 0 saturated heterocycles. The van der Waals surface area contributed by atoms with Gasteiger partial charge < -0.3 is 4.74 Å². The average Bonchev–Trinajstić information content (AvgIpc) is 2.19. The van der Waals surface area contributed by atoms with Crippen molar-refractivity contribution in [3.63, 3.8) is 0 Å². The molecule has 1 aromatic rings. The van der Waals surface area contributed by atoms with Crippen molar-refractivity contribution >= 4 is 0 Å². The molecule has 0 aliphatic carbocycles. The highest BCUT2D eigenvalue weighted by molar-refractivity contribution is 5.33. The topological polar surface area (TPSA) is 45.9 Å². The maximum Gasteiger partial charge on any atom is 0.141 e. The van der Waals surface area contributed by atoms with Crippen molar-refractivity contribution in [2.75, 3.05) is 7.11 Å². The molecule has 0 bridgehead atoms. The van der Waals surface area contributed by atoms with Crippen molar-refractivity contribution in [3.05, 3.63) is 23.5 Å². The number of methoxy groups -OCH3 is 1. The van der Waals surface area contributed by atoms with E-state index in [9.17, 15) is 0 Å². The van der Waals surface area contributed by atoms with E-state index in [0.717, 1.165) is 12.0 Å². The van der Waals surface area contributed by atoms with Gasteiger partial charge in [-0.2, -0.15) is 5.26 Å². The van der Waals surface area contributed by atoms with Crippen LogP contribution in [0.25, 0.3) is 0 Å². The summed E-state index contributed by atoms with van der Waals surface area (Å²) in [5.74, 6) is 0.709. The summed E-state index contributed by atoms with van der Waals surface area (Å²) in [5, 5.41) is 8.52. The van der Waals surface area contributed by atoms with Gasteiger partial charge in [0.05, 0.1) is 25.3 Å². The van der Waals surface area contributed by atoms with Crippen LogP contribution in [-0.2, 0) is 12.8 Å². The SMILES string of the molecule is CCc1cnc(CC#N)c(OC)c1. The van der Waals surface area contributed by atoms with Crippen LogP contribution in [-0.4, -0.2) is 12.1 Å². The van der Waals surface area contributed by atoms with Crippen LogP contribution in [0.15, 0.2) is 12.3 Å². The second-order valence-corrected chi connectivity index (χ2v) is 2.68. The van der Waals surface area contributed by atoms with E-state index in [1.165, 1.54) is 0 Å². The summed E-state index contributed by atoms with van der Waals surface area (Å²) < 4.78 is 5.13. The minimum absolute atomic E-state index is 0.299. The van der Waals surface area contributed by atoms with Crippen molar-refractivity contribution in [3.8, 4) is 11.8 Å². The maximum absolute atomic E-state index is 8.52. The number of hydrogen-bond donors (Lipinski definition) is 0. The lowest BCUT2D eigenvalue weighted by Crippen LogP contribution is -1.96. The molecule has 0 unspecified atom stereocenters. The van der Waals surface area contributed by atoms with E-state index in [1.807, 2.05) is 6.07 Å². The second-order valence-electron chi connectivity index (χ2n) is 2.68. The number of hydrogen-bond acceptors (Lipinski definition) is 3. The molecule has 0 aromatic carbocycles. The average molecular weight is 176 g/mol. The first-order valence-electron chi connectivity index (χ1n) is 4.20. The number of ether oxygens (including phenoxy) is 1. The van der Waals surface area contributed by atoms with Crippen LogP contribution in [0.3, 0.4) is 0 Å². The monoisotopic (exact) mass is 176 g/mol. The molecule has 0 aliphatic rings. The van der Waals surface area contributed by atoms with E-state index in [0.29, 0.717) is 17.9 Å². The zero-order valence-corrected chi connectivity index (χ0v) is 7.87. The summed E-state index contributed by atoms with van der Waals surface area (Å²) in [5.41, 5.74) is 1.83. The van der Waals surface area contributed by atoms with Gasteiger partial charge in [-0.25, -0.2) is 0 Å². The molecule has 0 aliphatic heterocycles. The van der Waals surface area contributed by atoms with Gasteiger partial charge in [-0.1, -0.05) is 6.92 Å². The Morgan fingerprint density at radius 1 is 1.62 bits per heavy atom. The van der Waals surface area contributed by atoms with Gasteiger partial charge >= 0.3 is 0 Å². The van der Waals surface area contributed by atoms with Gasteiger partial charge in [0, 0.05) is 6.20 Å². The van der Waals surface area contributed by atoms with E-state index in [4.69, 9.17) is 10.00 Å². The third kappa shape index (κ3) is 2.19. The molecule has 0 N–H and O–H groups in total. The van der Waals surface area contributed by atoms with Gasteiger partial charge in [0.15, 0.2) is 0 Å². The van der Waals surface area contributed by atoms with Crippen LogP contribution in [0, 0.1) is 11.3 Å². The summed E-state index contributed by atoms with van der Waals surface area (Å²) in [6.07, 6.45) is 3.01. The van der Waals surface area contributed by atoms with Crippen LogP contribution < -0.4 is 4.74 Å². The van der Waals surface area contributed by atoms with Crippen LogP contribution in [0.4, 0.5) is 0 Å². The van der Waals surface area contributed by atoms with Crippen molar-refractivity contribution in [2.24, 2.45) is 0 Å². The fraction of sp³-hybridized carbons (Fsp3) is 0.400. The molecule has 0 amide bonds. The number of aromatic nitrogens is 1. The third-order valence-corrected chi connectivity index (χ3v) is 1.86. The Bertz CT molecular complexity index is 328. The van der Waals surface area contributed by atoms with Crippen LogP contribution in [0.1, 0.15) is 18.2 Å². The summed E-state index contributed by atoms with van der Waals surface area (Å²) in [6.45, 7) is 2.06. The van der Waals surface area contributed by atoms with Gasteiger partial charge in [-0.05, 0) is 18.1 Å². The molecule has 0 fully saturated rings. The van der Waals surface area contributed by atoms with Gasteiger partial charge in [0.25, 0.3) is 0 Å². The molecule has 3 nitrogen and oxygen atoms in total. The Kier molecular flexibility index (Phi) is 3.27. The second kappa shape index (κ2) is 4.46. The van der Waals surface area contributed by atoms with E-state index in [1.54, 1.807) is 13.3 Å². The summed E-state index contributed by atoms with van der Waals surface area (Å²) >= 11 is 0. The highest BCUT2D eigenvalue weighted by Crippen LogP contribution is 2.17. The lowest BCUT2D eigenvalue weighted by atomic mass is 10.2. The molecular formula is C10H12N2O. The molecule has 0 spiro atoms. The highest BCUT2D eigenvalue weighted by atomic mass is 16.5. The normalized spacial score (nSPS) is 9.31. The van der Waals surface area contributed by atoms with Crippen LogP contribution >= 0.6 is 0 Å². The number of nitrogens with zero attached hydrogens (tertiary/aromatic N) is 2. The standard InChI is InChI=1S/C10H12N2O/c1-3-8-6-10(13-2)9(4-5-11)12-7-8/h6-7H,3-4H2,1-2H3. The molecule has 0 radical (unpaired) electrons. The number of nitriles is 1. The molecular weight excluding hydrogens is 164 g/mol. The van der Waals surface area contributed by atoms with Crippen LogP contribution in [0.2, 0.25) is 0 Å². The summed E-state index contributed by atoms with van der Waals surface area (Å²) in [6, 6.07) is 3.98. The Labute approximate surface area is 78.0 Å². The minimum Gasteiger partial charge on any atom is -0.495 e. The fourth-order valence-corrected chi connectivity index (χ4v) is 1.09. The van der Waals surface area contributed by atoms with E-state index in [-0.39, 0.29) is 0 Å². The lowest BCUT2D eigenvalue weighted by molar-refractivity contribution is 0.407. The van der Waals surface area contributed by atoms with Crippen molar-refractivity contribution in [2.45, 2.75) is 19.8 Å². The highest BCUT2D eigenvalue weighted by Gasteiger charge is 2.04. The van der Waals surface area contributed by atoms with E-state index in [2.05, 4.69) is 18.0 Å². The van der Waals surface area contributed by atoms with Crippen molar-refractivity contribution in [1.29, 1.82) is 5.26 Å². The zero-order valence-electron chi connectivity index (χ0n) is 7.87. The predicted octanol–water partition coefficient (Wildman–Crippen LogP) is 1.72. The lowest BCUT2D eigenvalue weighted by Gasteiger charge is -2.05. The van der Waals surface area contributed by atoms with Gasteiger partial charge in [0.2, 0.25) is 0 Å². The maximum atomic E-state index is 8.52. The van der Waals surface area contributed by atoms with E-state index >= 15 is 0 Å². The first kappa shape index (κ1) is 9.53. The molecule has 13 heavy (non-hydrogen) atoms.